The Bertz CT molecular complexity index is 272. The lowest BCUT2D eigenvalue weighted by molar-refractivity contribution is -0.135. The molecular weight excluding hydrogens is 190 g/mol. The van der Waals surface area contributed by atoms with Gasteiger partial charge in [-0.1, -0.05) is 38.5 Å². The Labute approximate surface area is 91.3 Å². The maximum absolute atomic E-state index is 10.3. The average molecular weight is 209 g/mol. The number of aliphatic carboxylic acids is 1. The van der Waals surface area contributed by atoms with Crippen LogP contribution in [0.3, 0.4) is 0 Å². The fourth-order valence-corrected chi connectivity index (χ4v) is 0.977. The molecule has 0 unspecified atom stereocenters. The fourth-order valence-electron chi connectivity index (χ4n) is 0.977. The van der Waals surface area contributed by atoms with Crippen LogP contribution in [-0.2, 0) is 4.79 Å². The van der Waals surface area contributed by atoms with Crippen molar-refractivity contribution in [3.8, 4) is 0 Å². The van der Waals surface area contributed by atoms with Crippen molar-refractivity contribution < 1.29 is 9.90 Å². The molecule has 3 heteroatoms. The van der Waals surface area contributed by atoms with Gasteiger partial charge < -0.3 is 10.0 Å². The van der Waals surface area contributed by atoms with Crippen molar-refractivity contribution in [2.75, 3.05) is 18.5 Å². The van der Waals surface area contributed by atoms with Gasteiger partial charge in [0, 0.05) is 12.7 Å². The minimum absolute atomic E-state index is 0.0318. The summed E-state index contributed by atoms with van der Waals surface area (Å²) in [5.41, 5.74) is 0.917. The van der Waals surface area contributed by atoms with Crippen LogP contribution in [0.4, 0.5) is 5.69 Å². The molecule has 0 aliphatic carbocycles. The van der Waals surface area contributed by atoms with Crippen molar-refractivity contribution in [2.24, 2.45) is 0 Å². The third-order valence-corrected chi connectivity index (χ3v) is 1.57. The van der Waals surface area contributed by atoms with Crippen LogP contribution in [0.2, 0.25) is 0 Å². The van der Waals surface area contributed by atoms with Crippen LogP contribution >= 0.6 is 0 Å². The standard InChI is InChI=1S/C9H11NO2.C3H8/c1-10(7-9(11)12)8-5-3-2-4-6-8;1-3-2/h2-6H,7H2,1H3,(H,11,12);3H2,1-2H3. The molecule has 1 rings (SSSR count). The fraction of sp³-hybridized carbons (Fsp3) is 0.417. The third-order valence-electron chi connectivity index (χ3n) is 1.57. The number of para-hydroxylation sites is 1. The molecule has 0 spiro atoms. The molecule has 0 saturated carbocycles. The predicted octanol–water partition coefficient (Wildman–Crippen LogP) is 2.62. The summed E-state index contributed by atoms with van der Waals surface area (Å²) in [7, 11) is 1.75. The topological polar surface area (TPSA) is 40.5 Å². The molecule has 1 aromatic carbocycles. The van der Waals surface area contributed by atoms with Gasteiger partial charge in [-0.25, -0.2) is 0 Å². The zero-order valence-electron chi connectivity index (χ0n) is 9.60. The van der Waals surface area contributed by atoms with E-state index in [9.17, 15) is 4.79 Å². The zero-order valence-corrected chi connectivity index (χ0v) is 9.60. The quantitative estimate of drug-likeness (QED) is 0.832. The highest BCUT2D eigenvalue weighted by molar-refractivity contribution is 5.73. The van der Waals surface area contributed by atoms with Crippen molar-refractivity contribution in [3.63, 3.8) is 0 Å². The smallest absolute Gasteiger partial charge is 0.323 e. The Morgan fingerprint density at radius 2 is 1.73 bits per heavy atom. The van der Waals surface area contributed by atoms with Gasteiger partial charge in [0.15, 0.2) is 0 Å². The van der Waals surface area contributed by atoms with Gasteiger partial charge in [0.05, 0.1) is 0 Å². The molecule has 0 heterocycles. The molecule has 1 aromatic rings. The molecule has 15 heavy (non-hydrogen) atoms. The summed E-state index contributed by atoms with van der Waals surface area (Å²) >= 11 is 0. The Hall–Kier alpha value is -1.51. The Kier molecular flexibility index (Phi) is 7.06. The molecule has 0 aromatic heterocycles. The lowest BCUT2D eigenvalue weighted by Gasteiger charge is -2.15. The third kappa shape index (κ3) is 6.55. The summed E-state index contributed by atoms with van der Waals surface area (Å²) in [6, 6.07) is 9.42. The van der Waals surface area contributed by atoms with Crippen LogP contribution in [0.25, 0.3) is 0 Å². The molecule has 3 nitrogen and oxygen atoms in total. The normalized spacial score (nSPS) is 8.73. The zero-order chi connectivity index (χ0) is 11.7. The minimum atomic E-state index is -0.818. The number of benzene rings is 1. The summed E-state index contributed by atoms with van der Waals surface area (Å²) < 4.78 is 0. The molecule has 0 aliphatic rings. The van der Waals surface area contributed by atoms with E-state index < -0.39 is 5.97 Å². The number of hydrogen-bond acceptors (Lipinski definition) is 2. The Balaban J connectivity index is 0.000000583. The second kappa shape index (κ2) is 7.85. The van der Waals surface area contributed by atoms with E-state index in [1.54, 1.807) is 11.9 Å². The molecular formula is C12H19NO2. The lowest BCUT2D eigenvalue weighted by Crippen LogP contribution is -2.24. The summed E-state index contributed by atoms with van der Waals surface area (Å²) in [6.07, 6.45) is 1.25. The summed E-state index contributed by atoms with van der Waals surface area (Å²) in [5.74, 6) is -0.818. The van der Waals surface area contributed by atoms with E-state index in [2.05, 4.69) is 13.8 Å². The van der Waals surface area contributed by atoms with Gasteiger partial charge in [0.2, 0.25) is 0 Å². The van der Waals surface area contributed by atoms with E-state index in [4.69, 9.17) is 5.11 Å². The van der Waals surface area contributed by atoms with Crippen molar-refractivity contribution in [3.05, 3.63) is 30.3 Å². The van der Waals surface area contributed by atoms with Gasteiger partial charge in [-0.2, -0.15) is 0 Å². The monoisotopic (exact) mass is 209 g/mol. The van der Waals surface area contributed by atoms with E-state index in [0.717, 1.165) is 5.69 Å². The molecule has 0 aliphatic heterocycles. The molecule has 84 valence electrons. The second-order valence-electron chi connectivity index (χ2n) is 3.29. The largest absolute Gasteiger partial charge is 0.480 e. The first-order chi connectivity index (χ1) is 7.11. The van der Waals surface area contributed by atoms with E-state index in [-0.39, 0.29) is 6.54 Å². The summed E-state index contributed by atoms with van der Waals surface area (Å²) in [6.45, 7) is 4.28. The van der Waals surface area contributed by atoms with Crippen LogP contribution < -0.4 is 4.90 Å². The molecule has 0 saturated heterocycles. The van der Waals surface area contributed by atoms with E-state index in [0.29, 0.717) is 0 Å². The van der Waals surface area contributed by atoms with Gasteiger partial charge in [-0.05, 0) is 12.1 Å². The highest BCUT2D eigenvalue weighted by Crippen LogP contribution is 2.09. The number of nitrogens with zero attached hydrogens (tertiary/aromatic N) is 1. The van der Waals surface area contributed by atoms with Crippen LogP contribution in [0.5, 0.6) is 0 Å². The van der Waals surface area contributed by atoms with Crippen molar-refractivity contribution in [2.45, 2.75) is 20.3 Å². The van der Waals surface area contributed by atoms with Gasteiger partial charge >= 0.3 is 5.97 Å². The van der Waals surface area contributed by atoms with Gasteiger partial charge in [0.25, 0.3) is 0 Å². The number of rotatable bonds is 3. The summed E-state index contributed by atoms with van der Waals surface area (Å²) in [4.78, 5) is 12.0. The number of carbonyl (C=O) groups is 1. The molecule has 0 atom stereocenters. The minimum Gasteiger partial charge on any atom is -0.480 e. The molecule has 1 N–H and O–H groups in total. The van der Waals surface area contributed by atoms with E-state index in [1.165, 1.54) is 6.42 Å². The number of carboxylic acid groups (broad SMARTS) is 1. The number of hydrogen-bond donors (Lipinski definition) is 1. The maximum Gasteiger partial charge on any atom is 0.323 e. The van der Waals surface area contributed by atoms with Crippen LogP contribution in [-0.4, -0.2) is 24.7 Å². The van der Waals surface area contributed by atoms with Crippen LogP contribution in [0, 0.1) is 0 Å². The van der Waals surface area contributed by atoms with E-state index in [1.807, 2.05) is 30.3 Å². The molecule has 0 bridgehead atoms. The number of carboxylic acids is 1. The second-order valence-corrected chi connectivity index (χ2v) is 3.29. The van der Waals surface area contributed by atoms with Gasteiger partial charge in [0.1, 0.15) is 6.54 Å². The average Bonchev–Trinajstić information content (AvgIpc) is 2.19. The van der Waals surface area contributed by atoms with Crippen LogP contribution in [0.1, 0.15) is 20.3 Å². The van der Waals surface area contributed by atoms with Gasteiger partial charge in [-0.3, -0.25) is 4.79 Å². The Morgan fingerprint density at radius 3 is 2.13 bits per heavy atom. The van der Waals surface area contributed by atoms with Crippen molar-refractivity contribution in [1.82, 2.24) is 0 Å². The first kappa shape index (κ1) is 13.5. The number of likely N-dealkylation sites (N-methyl/N-ethyl adjacent to an activating group) is 1. The molecule has 0 amide bonds. The van der Waals surface area contributed by atoms with Crippen LogP contribution in [0.15, 0.2) is 30.3 Å². The van der Waals surface area contributed by atoms with Gasteiger partial charge in [-0.15, -0.1) is 0 Å². The molecule has 0 fully saturated rings. The van der Waals surface area contributed by atoms with E-state index >= 15 is 0 Å². The van der Waals surface area contributed by atoms with Crippen molar-refractivity contribution in [1.29, 1.82) is 0 Å². The first-order valence-electron chi connectivity index (χ1n) is 5.09. The summed E-state index contributed by atoms with van der Waals surface area (Å²) in [5, 5.41) is 8.50. The number of anilines is 1. The maximum atomic E-state index is 10.3. The Morgan fingerprint density at radius 1 is 1.27 bits per heavy atom. The first-order valence-corrected chi connectivity index (χ1v) is 5.09. The highest BCUT2D eigenvalue weighted by Gasteiger charge is 2.03. The highest BCUT2D eigenvalue weighted by atomic mass is 16.4. The van der Waals surface area contributed by atoms with Crippen molar-refractivity contribution >= 4 is 11.7 Å². The lowest BCUT2D eigenvalue weighted by atomic mass is 10.3. The SMILES string of the molecule is CCC.CN(CC(=O)O)c1ccccc1. The predicted molar refractivity (Wildman–Crippen MR) is 63.3 cm³/mol. The molecule has 0 radical (unpaired) electrons.